The van der Waals surface area contributed by atoms with Gasteiger partial charge in [0, 0.05) is 12.1 Å². The number of aromatic hydroxyl groups is 1. The molecule has 1 N–H and O–H groups in total. The highest BCUT2D eigenvalue weighted by Crippen LogP contribution is 2.15. The van der Waals surface area contributed by atoms with Gasteiger partial charge >= 0.3 is 0 Å². The first-order valence-electron chi connectivity index (χ1n) is 3.82. The van der Waals surface area contributed by atoms with Crippen LogP contribution in [-0.2, 0) is 6.54 Å². The van der Waals surface area contributed by atoms with Crippen LogP contribution in [0.1, 0.15) is 19.4 Å². The summed E-state index contributed by atoms with van der Waals surface area (Å²) in [5.74, 6) is 0.805. The van der Waals surface area contributed by atoms with Crippen LogP contribution >= 0.6 is 0 Å². The highest BCUT2D eigenvalue weighted by atomic mass is 16.3. The highest BCUT2D eigenvalue weighted by Gasteiger charge is 2.05. The van der Waals surface area contributed by atoms with E-state index < -0.39 is 0 Å². The second kappa shape index (κ2) is 2.95. The van der Waals surface area contributed by atoms with Gasteiger partial charge in [-0.05, 0) is 12.8 Å². The van der Waals surface area contributed by atoms with Gasteiger partial charge in [-0.15, -0.1) is 0 Å². The molecule has 11 heavy (non-hydrogen) atoms. The fourth-order valence-electron chi connectivity index (χ4n) is 0.952. The number of nitrogens with zero attached hydrogens (tertiary/aromatic N) is 2. The molecule has 0 aromatic carbocycles. The van der Waals surface area contributed by atoms with Gasteiger partial charge in [-0.2, -0.15) is 5.10 Å². The Morgan fingerprint density at radius 2 is 2.27 bits per heavy atom. The van der Waals surface area contributed by atoms with Crippen LogP contribution in [0, 0.1) is 12.8 Å². The van der Waals surface area contributed by atoms with Gasteiger partial charge in [0.05, 0.1) is 6.20 Å². The maximum Gasteiger partial charge on any atom is 0.212 e. The molecule has 0 aliphatic rings. The Morgan fingerprint density at radius 1 is 1.64 bits per heavy atom. The van der Waals surface area contributed by atoms with Crippen LogP contribution in [0.2, 0.25) is 0 Å². The molecule has 1 rings (SSSR count). The first kappa shape index (κ1) is 8.11. The topological polar surface area (TPSA) is 38.0 Å². The molecule has 0 spiro atoms. The van der Waals surface area contributed by atoms with E-state index in [0.29, 0.717) is 11.8 Å². The Kier molecular flexibility index (Phi) is 2.17. The Morgan fingerprint density at radius 3 is 2.64 bits per heavy atom. The van der Waals surface area contributed by atoms with E-state index in [1.165, 1.54) is 0 Å². The summed E-state index contributed by atoms with van der Waals surface area (Å²) in [6, 6.07) is 0. The molecule has 0 radical (unpaired) electrons. The van der Waals surface area contributed by atoms with Crippen molar-refractivity contribution in [3.63, 3.8) is 0 Å². The number of hydrogen-bond acceptors (Lipinski definition) is 2. The molecule has 0 amide bonds. The second-order valence-electron chi connectivity index (χ2n) is 3.23. The summed E-state index contributed by atoms with van der Waals surface area (Å²) in [7, 11) is 0. The van der Waals surface area contributed by atoms with E-state index in [9.17, 15) is 5.11 Å². The third-order valence-electron chi connectivity index (χ3n) is 1.53. The molecule has 0 unspecified atom stereocenters. The fraction of sp³-hybridized carbons (Fsp3) is 0.625. The molecule has 0 bridgehead atoms. The standard InChI is InChI=1S/C8H14N2O/c1-6(2)5-10-8(11)7(3)4-9-10/h4,6,11H,5H2,1-3H3. The summed E-state index contributed by atoms with van der Waals surface area (Å²) in [4.78, 5) is 0. The van der Waals surface area contributed by atoms with Gasteiger partial charge in [-0.1, -0.05) is 13.8 Å². The van der Waals surface area contributed by atoms with Gasteiger partial charge in [0.25, 0.3) is 0 Å². The minimum atomic E-state index is 0.290. The molecular formula is C8H14N2O. The molecule has 0 aliphatic heterocycles. The number of hydrogen-bond donors (Lipinski definition) is 1. The molecule has 0 atom stereocenters. The Hall–Kier alpha value is -0.990. The van der Waals surface area contributed by atoms with Crippen LogP contribution in [0.25, 0.3) is 0 Å². The van der Waals surface area contributed by atoms with Gasteiger partial charge in [-0.25, -0.2) is 4.68 Å². The molecule has 1 heterocycles. The lowest BCUT2D eigenvalue weighted by molar-refractivity contribution is 0.370. The van der Waals surface area contributed by atoms with Crippen molar-refractivity contribution in [1.82, 2.24) is 9.78 Å². The molecule has 3 nitrogen and oxygen atoms in total. The average Bonchev–Trinajstić information content (AvgIpc) is 2.18. The van der Waals surface area contributed by atoms with E-state index in [4.69, 9.17) is 0 Å². The third kappa shape index (κ3) is 1.73. The van der Waals surface area contributed by atoms with Crippen LogP contribution in [0.15, 0.2) is 6.20 Å². The molecule has 62 valence electrons. The average molecular weight is 154 g/mol. The Balaban J connectivity index is 2.79. The lowest BCUT2D eigenvalue weighted by Crippen LogP contribution is -2.05. The zero-order valence-electron chi connectivity index (χ0n) is 7.20. The summed E-state index contributed by atoms with van der Waals surface area (Å²) in [5, 5.41) is 13.4. The van der Waals surface area contributed by atoms with Crippen molar-refractivity contribution in [2.24, 2.45) is 5.92 Å². The van der Waals surface area contributed by atoms with Crippen LogP contribution in [-0.4, -0.2) is 14.9 Å². The zero-order valence-corrected chi connectivity index (χ0v) is 7.20. The summed E-state index contributed by atoms with van der Waals surface area (Å²) in [6.45, 7) is 6.81. The predicted molar refractivity (Wildman–Crippen MR) is 43.5 cm³/mol. The first-order valence-corrected chi connectivity index (χ1v) is 3.82. The normalized spacial score (nSPS) is 10.9. The lowest BCUT2D eigenvalue weighted by atomic mass is 10.2. The highest BCUT2D eigenvalue weighted by molar-refractivity contribution is 5.19. The van der Waals surface area contributed by atoms with Gasteiger partial charge in [-0.3, -0.25) is 0 Å². The largest absolute Gasteiger partial charge is 0.493 e. The van der Waals surface area contributed by atoms with Gasteiger partial charge in [0.1, 0.15) is 0 Å². The summed E-state index contributed by atoms with van der Waals surface area (Å²) in [6.07, 6.45) is 1.68. The third-order valence-corrected chi connectivity index (χ3v) is 1.53. The van der Waals surface area contributed by atoms with E-state index in [1.807, 2.05) is 6.92 Å². The summed E-state index contributed by atoms with van der Waals surface area (Å²) >= 11 is 0. The van der Waals surface area contributed by atoms with Crippen LogP contribution in [0.3, 0.4) is 0 Å². The van der Waals surface area contributed by atoms with E-state index in [2.05, 4.69) is 18.9 Å². The molecular weight excluding hydrogens is 140 g/mol. The summed E-state index contributed by atoms with van der Waals surface area (Å²) < 4.78 is 1.62. The van der Waals surface area contributed by atoms with Crippen LogP contribution in [0.4, 0.5) is 0 Å². The maximum absolute atomic E-state index is 9.39. The SMILES string of the molecule is Cc1cnn(CC(C)C)c1O. The van der Waals surface area contributed by atoms with Crippen molar-refractivity contribution in [1.29, 1.82) is 0 Å². The molecule has 3 heteroatoms. The first-order chi connectivity index (χ1) is 5.11. The smallest absolute Gasteiger partial charge is 0.212 e. The van der Waals surface area contributed by atoms with Crippen molar-refractivity contribution >= 4 is 0 Å². The van der Waals surface area contributed by atoms with Crippen molar-refractivity contribution in [3.05, 3.63) is 11.8 Å². The van der Waals surface area contributed by atoms with E-state index >= 15 is 0 Å². The van der Waals surface area contributed by atoms with Crippen molar-refractivity contribution in [2.75, 3.05) is 0 Å². The molecule has 0 saturated carbocycles. The predicted octanol–water partition coefficient (Wildman–Crippen LogP) is 1.55. The molecule has 0 saturated heterocycles. The van der Waals surface area contributed by atoms with Crippen molar-refractivity contribution < 1.29 is 5.11 Å². The van der Waals surface area contributed by atoms with E-state index in [1.54, 1.807) is 10.9 Å². The minimum absolute atomic E-state index is 0.290. The fourth-order valence-corrected chi connectivity index (χ4v) is 0.952. The molecule has 0 aliphatic carbocycles. The van der Waals surface area contributed by atoms with E-state index in [-0.39, 0.29) is 0 Å². The molecule has 0 fully saturated rings. The number of rotatable bonds is 2. The number of aryl methyl sites for hydroxylation is 1. The van der Waals surface area contributed by atoms with E-state index in [0.717, 1.165) is 12.1 Å². The van der Waals surface area contributed by atoms with Gasteiger partial charge in [0.15, 0.2) is 0 Å². The van der Waals surface area contributed by atoms with Crippen LogP contribution in [0.5, 0.6) is 5.88 Å². The number of aromatic nitrogens is 2. The molecule has 1 aromatic heterocycles. The minimum Gasteiger partial charge on any atom is -0.493 e. The Bertz CT molecular complexity index is 240. The lowest BCUT2D eigenvalue weighted by Gasteiger charge is -2.05. The van der Waals surface area contributed by atoms with Gasteiger partial charge < -0.3 is 5.11 Å². The summed E-state index contributed by atoms with van der Waals surface area (Å²) in [5.41, 5.74) is 0.839. The second-order valence-corrected chi connectivity index (χ2v) is 3.23. The maximum atomic E-state index is 9.39. The molecule has 1 aromatic rings. The van der Waals surface area contributed by atoms with Crippen LogP contribution < -0.4 is 0 Å². The van der Waals surface area contributed by atoms with Crippen molar-refractivity contribution in [2.45, 2.75) is 27.3 Å². The van der Waals surface area contributed by atoms with Crippen molar-refractivity contribution in [3.8, 4) is 5.88 Å². The zero-order chi connectivity index (χ0) is 8.43. The van der Waals surface area contributed by atoms with Gasteiger partial charge in [0.2, 0.25) is 5.88 Å². The Labute approximate surface area is 66.7 Å². The monoisotopic (exact) mass is 154 g/mol. The quantitative estimate of drug-likeness (QED) is 0.701.